The summed E-state index contributed by atoms with van der Waals surface area (Å²) in [5.74, 6) is 0. The molecule has 0 aromatic rings. The Kier molecular flexibility index (Phi) is 8.69. The third-order valence-electron chi connectivity index (χ3n) is 4.70. The van der Waals surface area contributed by atoms with E-state index in [1.807, 2.05) is 0 Å². The lowest BCUT2D eigenvalue weighted by Gasteiger charge is -2.37. The Hall–Kier alpha value is -0.160. The van der Waals surface area contributed by atoms with Gasteiger partial charge in [0.05, 0.1) is 6.61 Å². The van der Waals surface area contributed by atoms with Crippen LogP contribution in [-0.4, -0.2) is 63.0 Å². The first-order valence-corrected chi connectivity index (χ1v) is 8.23. The lowest BCUT2D eigenvalue weighted by atomic mass is 9.92. The fourth-order valence-electron chi connectivity index (χ4n) is 2.94. The van der Waals surface area contributed by atoms with E-state index in [1.54, 1.807) is 7.11 Å². The lowest BCUT2D eigenvalue weighted by molar-refractivity contribution is 0.0665. The molecule has 1 N–H and O–H groups in total. The van der Waals surface area contributed by atoms with Gasteiger partial charge < -0.3 is 14.8 Å². The smallest absolute Gasteiger partial charge is 0.0593 e. The Morgan fingerprint density at radius 1 is 1.20 bits per heavy atom. The van der Waals surface area contributed by atoms with Crippen LogP contribution in [0.25, 0.3) is 0 Å². The Bertz CT molecular complexity index is 245. The van der Waals surface area contributed by atoms with Crippen molar-refractivity contribution in [2.75, 3.05) is 46.6 Å². The van der Waals surface area contributed by atoms with Gasteiger partial charge in [-0.25, -0.2) is 0 Å². The van der Waals surface area contributed by atoms with E-state index < -0.39 is 0 Å². The largest absolute Gasteiger partial charge is 0.385 e. The second kappa shape index (κ2) is 9.72. The van der Waals surface area contributed by atoms with Crippen LogP contribution in [0, 0.1) is 0 Å². The van der Waals surface area contributed by atoms with Crippen LogP contribution in [0.5, 0.6) is 0 Å². The van der Waals surface area contributed by atoms with Crippen molar-refractivity contribution in [3.8, 4) is 0 Å². The minimum Gasteiger partial charge on any atom is -0.385 e. The highest BCUT2D eigenvalue weighted by atomic mass is 16.5. The Balaban J connectivity index is 2.36. The topological polar surface area (TPSA) is 33.7 Å². The molecule has 0 saturated carbocycles. The summed E-state index contributed by atoms with van der Waals surface area (Å²) >= 11 is 0. The van der Waals surface area contributed by atoms with Crippen LogP contribution in [0.4, 0.5) is 0 Å². The van der Waals surface area contributed by atoms with Crippen LogP contribution in [0.3, 0.4) is 0 Å². The molecule has 0 aliphatic carbocycles. The zero-order valence-corrected chi connectivity index (χ0v) is 13.9. The first-order valence-electron chi connectivity index (χ1n) is 8.23. The summed E-state index contributed by atoms with van der Waals surface area (Å²) in [7, 11) is 1.74. The van der Waals surface area contributed by atoms with Gasteiger partial charge in [-0.15, -0.1) is 0 Å². The quantitative estimate of drug-likeness (QED) is 0.659. The Morgan fingerprint density at radius 2 is 1.95 bits per heavy atom. The van der Waals surface area contributed by atoms with Crippen LogP contribution < -0.4 is 5.32 Å². The molecule has 0 amide bonds. The van der Waals surface area contributed by atoms with Crippen molar-refractivity contribution in [2.45, 2.75) is 58.0 Å². The first-order chi connectivity index (χ1) is 9.67. The SMILES string of the molecule is CCC1(CC)CN(CCOCCCOC)C(C)CCN1. The van der Waals surface area contributed by atoms with Crippen LogP contribution in [0.1, 0.15) is 46.5 Å². The molecule has 1 fully saturated rings. The van der Waals surface area contributed by atoms with Gasteiger partial charge in [-0.3, -0.25) is 4.90 Å². The fraction of sp³-hybridized carbons (Fsp3) is 1.00. The third-order valence-corrected chi connectivity index (χ3v) is 4.70. The number of nitrogens with one attached hydrogen (secondary N) is 1. The standard InChI is InChI=1S/C16H34N2O2/c1-5-16(6-2)14-18(15(3)8-9-17-16)10-13-20-12-7-11-19-4/h15,17H,5-14H2,1-4H3. The Morgan fingerprint density at radius 3 is 2.60 bits per heavy atom. The molecule has 0 radical (unpaired) electrons. The van der Waals surface area contributed by atoms with Crippen LogP contribution in [0.15, 0.2) is 0 Å². The normalized spacial score (nSPS) is 23.7. The zero-order valence-electron chi connectivity index (χ0n) is 13.9. The molecule has 1 heterocycles. The maximum absolute atomic E-state index is 5.72. The molecule has 1 rings (SSSR count). The maximum atomic E-state index is 5.72. The molecular weight excluding hydrogens is 252 g/mol. The van der Waals surface area contributed by atoms with Crippen molar-refractivity contribution >= 4 is 0 Å². The molecule has 0 bridgehead atoms. The van der Waals surface area contributed by atoms with E-state index in [1.165, 1.54) is 19.3 Å². The van der Waals surface area contributed by atoms with Crippen LogP contribution in [-0.2, 0) is 9.47 Å². The Labute approximate surface area is 125 Å². The van der Waals surface area contributed by atoms with Gasteiger partial charge in [-0.05, 0) is 39.2 Å². The minimum atomic E-state index is 0.292. The maximum Gasteiger partial charge on any atom is 0.0593 e. The summed E-state index contributed by atoms with van der Waals surface area (Å²) in [4.78, 5) is 2.60. The predicted molar refractivity (Wildman–Crippen MR) is 84.3 cm³/mol. The average Bonchev–Trinajstić information content (AvgIpc) is 2.63. The van der Waals surface area contributed by atoms with Crippen molar-refractivity contribution in [2.24, 2.45) is 0 Å². The van der Waals surface area contributed by atoms with Gasteiger partial charge >= 0.3 is 0 Å². The molecule has 120 valence electrons. The highest BCUT2D eigenvalue weighted by molar-refractivity contribution is 4.93. The third kappa shape index (κ3) is 5.68. The van der Waals surface area contributed by atoms with E-state index in [2.05, 4.69) is 31.0 Å². The molecule has 20 heavy (non-hydrogen) atoms. The summed E-state index contributed by atoms with van der Waals surface area (Å²) in [6.07, 6.45) is 4.61. The predicted octanol–water partition coefficient (Wildman–Crippen LogP) is 2.28. The monoisotopic (exact) mass is 286 g/mol. The van der Waals surface area contributed by atoms with E-state index in [9.17, 15) is 0 Å². The van der Waals surface area contributed by atoms with E-state index in [0.29, 0.717) is 11.6 Å². The van der Waals surface area contributed by atoms with Crippen molar-refractivity contribution in [3.63, 3.8) is 0 Å². The van der Waals surface area contributed by atoms with Gasteiger partial charge in [-0.2, -0.15) is 0 Å². The molecule has 1 atom stereocenters. The van der Waals surface area contributed by atoms with E-state index in [0.717, 1.165) is 45.9 Å². The number of rotatable bonds is 9. The average molecular weight is 286 g/mol. The molecule has 1 unspecified atom stereocenters. The molecule has 1 aliphatic heterocycles. The number of ether oxygens (including phenoxy) is 2. The summed E-state index contributed by atoms with van der Waals surface area (Å²) in [5, 5.41) is 3.77. The highest BCUT2D eigenvalue weighted by Gasteiger charge is 2.32. The molecule has 4 heteroatoms. The number of nitrogens with zero attached hydrogens (tertiary/aromatic N) is 1. The van der Waals surface area contributed by atoms with E-state index in [-0.39, 0.29) is 0 Å². The van der Waals surface area contributed by atoms with Gasteiger partial charge in [0.15, 0.2) is 0 Å². The van der Waals surface area contributed by atoms with Gasteiger partial charge in [0, 0.05) is 45.0 Å². The van der Waals surface area contributed by atoms with Gasteiger partial charge in [-0.1, -0.05) is 13.8 Å². The highest BCUT2D eigenvalue weighted by Crippen LogP contribution is 2.22. The summed E-state index contributed by atoms with van der Waals surface area (Å²) in [6.45, 7) is 12.7. The molecule has 0 aromatic carbocycles. The van der Waals surface area contributed by atoms with Crippen molar-refractivity contribution in [3.05, 3.63) is 0 Å². The fourth-order valence-corrected chi connectivity index (χ4v) is 2.94. The second-order valence-electron chi connectivity index (χ2n) is 5.98. The van der Waals surface area contributed by atoms with Crippen LogP contribution >= 0.6 is 0 Å². The van der Waals surface area contributed by atoms with Crippen molar-refractivity contribution < 1.29 is 9.47 Å². The molecule has 1 saturated heterocycles. The lowest BCUT2D eigenvalue weighted by Crippen LogP contribution is -2.52. The van der Waals surface area contributed by atoms with E-state index >= 15 is 0 Å². The van der Waals surface area contributed by atoms with Crippen LogP contribution in [0.2, 0.25) is 0 Å². The van der Waals surface area contributed by atoms with Gasteiger partial charge in [0.1, 0.15) is 0 Å². The second-order valence-corrected chi connectivity index (χ2v) is 5.98. The molecule has 0 aromatic heterocycles. The van der Waals surface area contributed by atoms with Gasteiger partial charge in [0.2, 0.25) is 0 Å². The number of methoxy groups -OCH3 is 1. The molecule has 0 spiro atoms. The van der Waals surface area contributed by atoms with Crippen molar-refractivity contribution in [1.29, 1.82) is 0 Å². The summed E-state index contributed by atoms with van der Waals surface area (Å²) in [6, 6.07) is 0.644. The molecule has 1 aliphatic rings. The molecule has 4 nitrogen and oxygen atoms in total. The zero-order chi connectivity index (χ0) is 14.8. The first kappa shape index (κ1) is 17.9. The minimum absolute atomic E-state index is 0.292. The number of hydrogen-bond donors (Lipinski definition) is 1. The summed E-state index contributed by atoms with van der Waals surface area (Å²) < 4.78 is 10.8. The van der Waals surface area contributed by atoms with Gasteiger partial charge in [0.25, 0.3) is 0 Å². The molecular formula is C16H34N2O2. The summed E-state index contributed by atoms with van der Waals surface area (Å²) in [5.41, 5.74) is 0.292. The van der Waals surface area contributed by atoms with E-state index in [4.69, 9.17) is 9.47 Å². The number of hydrogen-bond acceptors (Lipinski definition) is 4. The van der Waals surface area contributed by atoms with Crippen molar-refractivity contribution in [1.82, 2.24) is 10.2 Å².